The van der Waals surface area contributed by atoms with Gasteiger partial charge in [0.25, 0.3) is 0 Å². The van der Waals surface area contributed by atoms with E-state index in [2.05, 4.69) is 4.98 Å². The van der Waals surface area contributed by atoms with Gasteiger partial charge in [0.15, 0.2) is 5.69 Å². The largest absolute Gasteiger partial charge is 0.461 e. The lowest BCUT2D eigenvalue weighted by Gasteiger charge is -2.33. The Morgan fingerprint density at radius 1 is 1.38 bits per heavy atom. The molecule has 1 amide bonds. The van der Waals surface area contributed by atoms with Crippen LogP contribution in [-0.2, 0) is 16.1 Å². The predicted octanol–water partition coefficient (Wildman–Crippen LogP) is 3.00. The summed E-state index contributed by atoms with van der Waals surface area (Å²) in [6, 6.07) is 0.311. The van der Waals surface area contributed by atoms with Crippen LogP contribution in [0.15, 0.2) is 5.38 Å². The monoisotopic (exact) mass is 310 g/mol. The van der Waals surface area contributed by atoms with E-state index < -0.39 is 5.97 Å². The van der Waals surface area contributed by atoms with Gasteiger partial charge in [-0.15, -0.1) is 11.3 Å². The highest BCUT2D eigenvalue weighted by atomic mass is 32.1. The lowest BCUT2D eigenvalue weighted by molar-refractivity contribution is -0.132. The molecule has 6 heteroatoms. The third kappa shape index (κ3) is 4.27. The quantitative estimate of drug-likeness (QED) is 0.784. The first-order valence-corrected chi connectivity index (χ1v) is 8.38. The van der Waals surface area contributed by atoms with Gasteiger partial charge in [0.1, 0.15) is 5.01 Å². The molecule has 1 saturated carbocycles. The molecular formula is C15H22N2O3S. The normalized spacial score (nSPS) is 15.7. The van der Waals surface area contributed by atoms with Gasteiger partial charge in [-0.25, -0.2) is 9.78 Å². The molecule has 0 radical (unpaired) electrons. The van der Waals surface area contributed by atoms with Crippen LogP contribution in [0.3, 0.4) is 0 Å². The second kappa shape index (κ2) is 7.54. The number of ether oxygens (including phenoxy) is 1. The van der Waals surface area contributed by atoms with Crippen molar-refractivity contribution in [2.75, 3.05) is 6.61 Å². The van der Waals surface area contributed by atoms with Crippen LogP contribution in [0.25, 0.3) is 0 Å². The zero-order valence-electron chi connectivity index (χ0n) is 12.6. The number of carbonyl (C=O) groups is 2. The number of hydrogen-bond acceptors (Lipinski definition) is 5. The molecule has 116 valence electrons. The van der Waals surface area contributed by atoms with Crippen molar-refractivity contribution >= 4 is 23.2 Å². The van der Waals surface area contributed by atoms with Crippen LogP contribution in [0, 0.1) is 0 Å². The third-order valence-corrected chi connectivity index (χ3v) is 4.60. The Labute approximate surface area is 129 Å². The maximum absolute atomic E-state index is 11.9. The van der Waals surface area contributed by atoms with E-state index in [-0.39, 0.29) is 5.91 Å². The minimum absolute atomic E-state index is 0.0785. The lowest BCUT2D eigenvalue weighted by Crippen LogP contribution is -2.39. The van der Waals surface area contributed by atoms with E-state index in [1.165, 1.54) is 30.6 Å². The molecular weight excluding hydrogens is 288 g/mol. The molecule has 21 heavy (non-hydrogen) atoms. The van der Waals surface area contributed by atoms with Gasteiger partial charge in [0, 0.05) is 18.3 Å². The van der Waals surface area contributed by atoms with Crippen molar-refractivity contribution in [1.29, 1.82) is 0 Å². The molecule has 0 spiro atoms. The topological polar surface area (TPSA) is 59.5 Å². The van der Waals surface area contributed by atoms with Crippen molar-refractivity contribution in [2.45, 2.75) is 58.5 Å². The lowest BCUT2D eigenvalue weighted by atomic mass is 9.94. The standard InChI is InChI=1S/C15H22N2O3S/c1-3-20-15(19)13-10-21-14(16-13)9-17(11(2)18)12-7-5-4-6-8-12/h10,12H,3-9H2,1-2H3. The Morgan fingerprint density at radius 2 is 2.10 bits per heavy atom. The molecule has 0 aromatic carbocycles. The Balaban J connectivity index is 2.03. The third-order valence-electron chi connectivity index (χ3n) is 3.76. The number of carbonyl (C=O) groups excluding carboxylic acids is 2. The van der Waals surface area contributed by atoms with E-state index in [9.17, 15) is 9.59 Å². The minimum Gasteiger partial charge on any atom is -0.461 e. The van der Waals surface area contributed by atoms with Crippen molar-refractivity contribution in [3.8, 4) is 0 Å². The SMILES string of the molecule is CCOC(=O)c1csc(CN(C(C)=O)C2CCCCC2)n1. The van der Waals surface area contributed by atoms with Crippen LogP contribution < -0.4 is 0 Å². The fraction of sp³-hybridized carbons (Fsp3) is 0.667. The number of thiazole rings is 1. The van der Waals surface area contributed by atoms with Crippen molar-refractivity contribution in [3.63, 3.8) is 0 Å². The summed E-state index contributed by atoms with van der Waals surface area (Å²) < 4.78 is 4.93. The van der Waals surface area contributed by atoms with Gasteiger partial charge >= 0.3 is 5.97 Å². The van der Waals surface area contributed by atoms with Gasteiger partial charge in [-0.05, 0) is 19.8 Å². The number of amides is 1. The first kappa shape index (κ1) is 15.9. The smallest absolute Gasteiger partial charge is 0.357 e. The first-order valence-electron chi connectivity index (χ1n) is 7.50. The zero-order valence-corrected chi connectivity index (χ0v) is 13.4. The predicted molar refractivity (Wildman–Crippen MR) is 81.2 cm³/mol. The summed E-state index contributed by atoms with van der Waals surface area (Å²) in [4.78, 5) is 29.7. The van der Waals surface area contributed by atoms with E-state index >= 15 is 0 Å². The van der Waals surface area contributed by atoms with Gasteiger partial charge in [0.2, 0.25) is 5.91 Å². The summed E-state index contributed by atoms with van der Waals surface area (Å²) in [5.74, 6) is -0.318. The Hall–Kier alpha value is -1.43. The summed E-state index contributed by atoms with van der Waals surface area (Å²) in [5, 5.41) is 2.49. The molecule has 0 N–H and O–H groups in total. The molecule has 1 aromatic rings. The second-order valence-corrected chi connectivity index (χ2v) is 6.23. The highest BCUT2D eigenvalue weighted by molar-refractivity contribution is 7.09. The molecule has 1 aliphatic carbocycles. The van der Waals surface area contributed by atoms with Gasteiger partial charge in [-0.2, -0.15) is 0 Å². The van der Waals surface area contributed by atoms with Gasteiger partial charge in [-0.3, -0.25) is 4.79 Å². The van der Waals surface area contributed by atoms with Crippen LogP contribution in [0.5, 0.6) is 0 Å². The molecule has 0 atom stereocenters. The summed E-state index contributed by atoms with van der Waals surface area (Å²) in [6.45, 7) is 4.21. The molecule has 0 bridgehead atoms. The molecule has 5 nitrogen and oxygen atoms in total. The maximum atomic E-state index is 11.9. The van der Waals surface area contributed by atoms with Crippen LogP contribution >= 0.6 is 11.3 Å². The minimum atomic E-state index is -0.396. The molecule has 1 heterocycles. The molecule has 0 aliphatic heterocycles. The van der Waals surface area contributed by atoms with Gasteiger partial charge in [-0.1, -0.05) is 19.3 Å². The van der Waals surface area contributed by atoms with E-state index in [1.54, 1.807) is 19.2 Å². The van der Waals surface area contributed by atoms with Crippen LogP contribution in [-0.4, -0.2) is 34.4 Å². The van der Waals surface area contributed by atoms with Crippen LogP contribution in [0.1, 0.15) is 61.4 Å². The van der Waals surface area contributed by atoms with E-state index in [0.29, 0.717) is 24.9 Å². The number of hydrogen-bond donors (Lipinski definition) is 0. The maximum Gasteiger partial charge on any atom is 0.357 e. The Morgan fingerprint density at radius 3 is 2.71 bits per heavy atom. The first-order chi connectivity index (χ1) is 10.1. The fourth-order valence-corrected chi connectivity index (χ4v) is 3.48. The molecule has 2 rings (SSSR count). The Bertz CT molecular complexity index is 495. The summed E-state index contributed by atoms with van der Waals surface area (Å²) in [7, 11) is 0. The van der Waals surface area contributed by atoms with E-state index in [4.69, 9.17) is 4.74 Å². The molecule has 0 unspecified atom stereocenters. The summed E-state index contributed by atoms with van der Waals surface area (Å²) in [5.41, 5.74) is 0.337. The number of rotatable bonds is 5. The zero-order chi connectivity index (χ0) is 15.2. The highest BCUT2D eigenvalue weighted by Crippen LogP contribution is 2.25. The van der Waals surface area contributed by atoms with Crippen molar-refractivity contribution < 1.29 is 14.3 Å². The summed E-state index contributed by atoms with van der Waals surface area (Å²) >= 11 is 1.41. The van der Waals surface area contributed by atoms with Crippen LogP contribution in [0.2, 0.25) is 0 Å². The summed E-state index contributed by atoms with van der Waals surface area (Å²) in [6.07, 6.45) is 5.75. The second-order valence-electron chi connectivity index (χ2n) is 5.29. The molecule has 1 aliphatic rings. The van der Waals surface area contributed by atoms with Crippen LogP contribution in [0.4, 0.5) is 0 Å². The van der Waals surface area contributed by atoms with E-state index in [0.717, 1.165) is 17.8 Å². The number of nitrogens with zero attached hydrogens (tertiary/aromatic N) is 2. The van der Waals surface area contributed by atoms with E-state index in [1.807, 2.05) is 4.90 Å². The average molecular weight is 310 g/mol. The van der Waals surface area contributed by atoms with Crippen molar-refractivity contribution in [2.24, 2.45) is 0 Å². The van der Waals surface area contributed by atoms with Gasteiger partial charge in [0.05, 0.1) is 13.2 Å². The average Bonchev–Trinajstić information content (AvgIpc) is 2.94. The highest BCUT2D eigenvalue weighted by Gasteiger charge is 2.24. The number of esters is 1. The van der Waals surface area contributed by atoms with Gasteiger partial charge < -0.3 is 9.64 Å². The van der Waals surface area contributed by atoms with Crippen molar-refractivity contribution in [1.82, 2.24) is 9.88 Å². The number of aromatic nitrogens is 1. The fourth-order valence-electron chi connectivity index (χ4n) is 2.72. The molecule has 1 fully saturated rings. The molecule has 1 aromatic heterocycles. The molecule has 0 saturated heterocycles. The van der Waals surface area contributed by atoms with Crippen molar-refractivity contribution in [3.05, 3.63) is 16.1 Å². The Kier molecular flexibility index (Phi) is 5.73.